The van der Waals surface area contributed by atoms with E-state index in [0.717, 1.165) is 25.2 Å². The first kappa shape index (κ1) is 14.7. The summed E-state index contributed by atoms with van der Waals surface area (Å²) in [5.41, 5.74) is 8.09. The van der Waals surface area contributed by atoms with Crippen LogP contribution >= 0.6 is 0 Å². The van der Waals surface area contributed by atoms with Crippen LogP contribution in [0.3, 0.4) is 0 Å². The topological polar surface area (TPSA) is 58.8 Å². The van der Waals surface area contributed by atoms with Gasteiger partial charge in [0, 0.05) is 19.1 Å². The lowest BCUT2D eigenvalue weighted by atomic mass is 10.0. The third kappa shape index (κ3) is 2.88. The number of nitrogens with two attached hydrogens (primary N) is 1. The van der Waals surface area contributed by atoms with Crippen LogP contribution in [0.25, 0.3) is 0 Å². The number of nitrogens with zero attached hydrogens (tertiary/aromatic N) is 2. The minimum Gasteiger partial charge on any atom is -0.465 e. The van der Waals surface area contributed by atoms with Crippen LogP contribution in [0.2, 0.25) is 0 Å². The zero-order chi connectivity index (χ0) is 14.7. The third-order valence-corrected chi connectivity index (χ3v) is 3.92. The molecule has 2 N–H and O–H groups in total. The number of rotatable bonds is 3. The van der Waals surface area contributed by atoms with Gasteiger partial charge in [-0.2, -0.15) is 0 Å². The van der Waals surface area contributed by atoms with Gasteiger partial charge in [0.25, 0.3) is 0 Å². The van der Waals surface area contributed by atoms with Crippen molar-refractivity contribution in [2.75, 3.05) is 44.9 Å². The highest BCUT2D eigenvalue weighted by Gasteiger charge is 2.26. The second-order valence-electron chi connectivity index (χ2n) is 5.44. The van der Waals surface area contributed by atoms with Crippen LogP contribution in [0, 0.1) is 0 Å². The number of esters is 1. The molecule has 1 aromatic rings. The second kappa shape index (κ2) is 6.13. The molecule has 1 aliphatic heterocycles. The van der Waals surface area contributed by atoms with Gasteiger partial charge < -0.3 is 20.3 Å². The Morgan fingerprint density at radius 1 is 1.45 bits per heavy atom. The van der Waals surface area contributed by atoms with Crippen LogP contribution in [-0.4, -0.2) is 51.2 Å². The lowest BCUT2D eigenvalue weighted by molar-refractivity contribution is 0.0601. The van der Waals surface area contributed by atoms with E-state index < -0.39 is 0 Å². The van der Waals surface area contributed by atoms with E-state index in [0.29, 0.717) is 17.3 Å². The number of carbonyl (C=O) groups is 1. The quantitative estimate of drug-likeness (QED) is 0.671. The molecule has 1 unspecified atom stereocenters. The molecule has 110 valence electrons. The average Bonchev–Trinajstić information content (AvgIpc) is 2.46. The van der Waals surface area contributed by atoms with Gasteiger partial charge in [-0.15, -0.1) is 0 Å². The molecule has 0 bridgehead atoms. The van der Waals surface area contributed by atoms with Gasteiger partial charge in [-0.3, -0.25) is 0 Å². The summed E-state index contributed by atoms with van der Waals surface area (Å²) in [5, 5.41) is 0. The van der Waals surface area contributed by atoms with Crippen LogP contribution in [-0.2, 0) is 4.74 Å². The van der Waals surface area contributed by atoms with Crippen molar-refractivity contribution in [1.82, 2.24) is 4.90 Å². The van der Waals surface area contributed by atoms with E-state index in [-0.39, 0.29) is 5.97 Å². The van der Waals surface area contributed by atoms with E-state index >= 15 is 0 Å². The zero-order valence-corrected chi connectivity index (χ0v) is 12.4. The summed E-state index contributed by atoms with van der Waals surface area (Å²) in [4.78, 5) is 16.4. The fraction of sp³-hybridized carbons (Fsp3) is 0.533. The second-order valence-corrected chi connectivity index (χ2v) is 5.44. The van der Waals surface area contributed by atoms with Crippen LogP contribution in [0.4, 0.5) is 11.4 Å². The first-order valence-electron chi connectivity index (χ1n) is 6.92. The van der Waals surface area contributed by atoms with E-state index in [1.54, 1.807) is 12.1 Å². The molecule has 2 rings (SSSR count). The Morgan fingerprint density at radius 3 is 2.85 bits per heavy atom. The number of ether oxygens (including phenoxy) is 1. The van der Waals surface area contributed by atoms with Gasteiger partial charge in [0.1, 0.15) is 0 Å². The minimum atomic E-state index is -0.334. The van der Waals surface area contributed by atoms with Gasteiger partial charge in [-0.05, 0) is 39.1 Å². The molecule has 20 heavy (non-hydrogen) atoms. The van der Waals surface area contributed by atoms with Crippen molar-refractivity contribution in [3.05, 3.63) is 23.8 Å². The first-order valence-corrected chi connectivity index (χ1v) is 6.92. The number of benzene rings is 1. The van der Waals surface area contributed by atoms with E-state index in [1.807, 2.05) is 6.07 Å². The van der Waals surface area contributed by atoms with Gasteiger partial charge in [0.2, 0.25) is 0 Å². The summed E-state index contributed by atoms with van der Waals surface area (Å²) >= 11 is 0. The summed E-state index contributed by atoms with van der Waals surface area (Å²) in [5.74, 6) is -0.334. The van der Waals surface area contributed by atoms with Crippen molar-refractivity contribution < 1.29 is 9.53 Å². The van der Waals surface area contributed by atoms with Crippen molar-refractivity contribution in [2.24, 2.45) is 0 Å². The first-order chi connectivity index (χ1) is 9.54. The van der Waals surface area contributed by atoms with Crippen molar-refractivity contribution >= 4 is 17.3 Å². The number of piperidine rings is 1. The zero-order valence-electron chi connectivity index (χ0n) is 12.4. The molecule has 1 aliphatic rings. The molecule has 0 spiro atoms. The van der Waals surface area contributed by atoms with E-state index in [1.165, 1.54) is 13.5 Å². The van der Waals surface area contributed by atoms with Crippen LogP contribution in [0.1, 0.15) is 23.2 Å². The van der Waals surface area contributed by atoms with Crippen molar-refractivity contribution in [2.45, 2.75) is 18.9 Å². The molecule has 1 saturated heterocycles. The molecule has 0 aromatic heterocycles. The Morgan fingerprint density at radius 2 is 2.20 bits per heavy atom. The van der Waals surface area contributed by atoms with Crippen molar-refractivity contribution in [3.63, 3.8) is 0 Å². The molecule has 1 atom stereocenters. The summed E-state index contributed by atoms with van der Waals surface area (Å²) in [6.07, 6.45) is 2.27. The molecule has 1 aromatic carbocycles. The number of nitrogen functional groups attached to an aromatic ring is 1. The molecule has 0 amide bonds. The fourth-order valence-electron chi connectivity index (χ4n) is 2.77. The largest absolute Gasteiger partial charge is 0.465 e. The van der Waals surface area contributed by atoms with Gasteiger partial charge in [0.05, 0.1) is 24.0 Å². The average molecular weight is 277 g/mol. The molecular formula is C15H23N3O2. The summed E-state index contributed by atoms with van der Waals surface area (Å²) in [6, 6.07) is 5.88. The molecule has 0 radical (unpaired) electrons. The normalized spacial score (nSPS) is 19.2. The minimum absolute atomic E-state index is 0.334. The van der Waals surface area contributed by atoms with E-state index in [9.17, 15) is 4.79 Å². The number of para-hydroxylation sites is 1. The maximum absolute atomic E-state index is 11.9. The molecule has 0 saturated carbocycles. The summed E-state index contributed by atoms with van der Waals surface area (Å²) in [7, 11) is 5.57. The standard InChI is InChI=1S/C15H23N3O2/c1-17(2)11-6-5-9-18(10-11)14-12(15(19)20-3)7-4-8-13(14)16/h4,7-8,11H,5-6,9-10,16H2,1-3H3. The molecule has 5 nitrogen and oxygen atoms in total. The Hall–Kier alpha value is -1.75. The van der Waals surface area contributed by atoms with E-state index in [2.05, 4.69) is 23.9 Å². The lowest BCUT2D eigenvalue weighted by Crippen LogP contribution is -2.45. The summed E-state index contributed by atoms with van der Waals surface area (Å²) in [6.45, 7) is 1.80. The van der Waals surface area contributed by atoms with E-state index in [4.69, 9.17) is 10.5 Å². The van der Waals surface area contributed by atoms with Gasteiger partial charge in [-0.25, -0.2) is 4.79 Å². The molecular weight excluding hydrogens is 254 g/mol. The summed E-state index contributed by atoms with van der Waals surface area (Å²) < 4.78 is 4.87. The number of hydrogen-bond donors (Lipinski definition) is 1. The highest BCUT2D eigenvalue weighted by molar-refractivity contribution is 5.99. The number of methoxy groups -OCH3 is 1. The monoisotopic (exact) mass is 277 g/mol. The number of anilines is 2. The maximum atomic E-state index is 11.9. The van der Waals surface area contributed by atoms with Crippen LogP contribution < -0.4 is 10.6 Å². The molecule has 1 fully saturated rings. The van der Waals surface area contributed by atoms with Crippen molar-refractivity contribution in [3.8, 4) is 0 Å². The molecule has 1 heterocycles. The molecule has 5 heteroatoms. The van der Waals surface area contributed by atoms with Crippen molar-refractivity contribution in [1.29, 1.82) is 0 Å². The Bertz CT molecular complexity index is 488. The fourth-order valence-corrected chi connectivity index (χ4v) is 2.77. The van der Waals surface area contributed by atoms with Crippen LogP contribution in [0.5, 0.6) is 0 Å². The lowest BCUT2D eigenvalue weighted by Gasteiger charge is -2.38. The molecule has 0 aliphatic carbocycles. The Kier molecular flexibility index (Phi) is 4.49. The number of carbonyl (C=O) groups excluding carboxylic acids is 1. The number of likely N-dealkylation sites (N-methyl/N-ethyl adjacent to an activating group) is 1. The predicted molar refractivity (Wildman–Crippen MR) is 81.1 cm³/mol. The Balaban J connectivity index is 2.34. The Labute approximate surface area is 120 Å². The van der Waals surface area contributed by atoms with Gasteiger partial charge >= 0.3 is 5.97 Å². The third-order valence-electron chi connectivity index (χ3n) is 3.92. The maximum Gasteiger partial charge on any atom is 0.340 e. The highest BCUT2D eigenvalue weighted by Crippen LogP contribution is 2.31. The smallest absolute Gasteiger partial charge is 0.340 e. The van der Waals surface area contributed by atoms with Gasteiger partial charge in [-0.1, -0.05) is 6.07 Å². The SMILES string of the molecule is COC(=O)c1cccc(N)c1N1CCCC(N(C)C)C1. The van der Waals surface area contributed by atoms with Crippen LogP contribution in [0.15, 0.2) is 18.2 Å². The predicted octanol–water partition coefficient (Wildman–Crippen LogP) is 1.59. The highest BCUT2D eigenvalue weighted by atomic mass is 16.5. The number of hydrogen-bond acceptors (Lipinski definition) is 5. The van der Waals surface area contributed by atoms with Gasteiger partial charge in [0.15, 0.2) is 0 Å².